The zero-order chi connectivity index (χ0) is 34.8. The lowest BCUT2D eigenvalue weighted by molar-refractivity contribution is -0.142. The van der Waals surface area contributed by atoms with Crippen LogP contribution in [-0.2, 0) is 9.59 Å². The fraction of sp³-hybridized carbons (Fsp3) is 0.543. The first-order chi connectivity index (χ1) is 22.6. The van der Waals surface area contributed by atoms with Gasteiger partial charge < -0.3 is 30.0 Å². The van der Waals surface area contributed by atoms with E-state index in [1.807, 2.05) is 47.6 Å². The minimum Gasteiger partial charge on any atom is -0.472 e. The number of aromatic nitrogens is 2. The molecular weight excluding hydrogens is 636 g/mol. The van der Waals surface area contributed by atoms with E-state index in [0.29, 0.717) is 28.4 Å². The van der Waals surface area contributed by atoms with Crippen molar-refractivity contribution in [2.45, 2.75) is 103 Å². The molecule has 5 rings (SSSR count). The molecular formula is C35H45ClN6O6. The van der Waals surface area contributed by atoms with E-state index >= 15 is 0 Å². The molecule has 4 unspecified atom stereocenters. The van der Waals surface area contributed by atoms with E-state index in [2.05, 4.69) is 25.9 Å². The largest absolute Gasteiger partial charge is 0.472 e. The highest BCUT2D eigenvalue weighted by Crippen LogP contribution is 2.32. The Labute approximate surface area is 285 Å². The smallest absolute Gasteiger partial charge is 0.315 e. The Balaban J connectivity index is 1.41. The average molecular weight is 681 g/mol. The molecule has 13 heteroatoms. The number of pyridine rings is 1. The number of ketones is 1. The summed E-state index contributed by atoms with van der Waals surface area (Å²) in [6.07, 6.45) is 4.41. The molecule has 4 atom stereocenters. The van der Waals surface area contributed by atoms with Crippen LogP contribution in [0.2, 0.25) is 5.02 Å². The molecule has 0 bridgehead atoms. The van der Waals surface area contributed by atoms with E-state index in [0.717, 1.165) is 19.3 Å². The van der Waals surface area contributed by atoms with Gasteiger partial charge >= 0.3 is 6.03 Å². The third-order valence-corrected chi connectivity index (χ3v) is 8.87. The van der Waals surface area contributed by atoms with Crippen molar-refractivity contribution in [1.82, 2.24) is 30.8 Å². The number of halogens is 1. The van der Waals surface area contributed by atoms with Crippen molar-refractivity contribution in [3.05, 3.63) is 53.5 Å². The van der Waals surface area contributed by atoms with Crippen LogP contribution in [0.25, 0.3) is 11.1 Å². The summed E-state index contributed by atoms with van der Waals surface area (Å²) in [5, 5.41) is 9.08. The molecule has 0 radical (unpaired) electrons. The monoisotopic (exact) mass is 680 g/mol. The highest BCUT2D eigenvalue weighted by molar-refractivity contribution is 6.30. The molecule has 3 N–H and O–H groups in total. The second kappa shape index (κ2) is 14.1. The summed E-state index contributed by atoms with van der Waals surface area (Å²) in [6.45, 7) is 11.1. The molecule has 48 heavy (non-hydrogen) atoms. The van der Waals surface area contributed by atoms with Crippen LogP contribution in [0, 0.1) is 11.3 Å². The highest BCUT2D eigenvalue weighted by Gasteiger charge is 2.47. The summed E-state index contributed by atoms with van der Waals surface area (Å²) in [5.41, 5.74) is -0.213. The number of ether oxygens (including phenoxy) is 1. The highest BCUT2D eigenvalue weighted by atomic mass is 35.5. The zero-order valence-corrected chi connectivity index (χ0v) is 29.1. The van der Waals surface area contributed by atoms with Gasteiger partial charge in [0.05, 0.1) is 17.6 Å². The van der Waals surface area contributed by atoms with Crippen molar-refractivity contribution in [2.75, 3.05) is 6.54 Å². The Morgan fingerprint density at radius 3 is 2.38 bits per heavy atom. The van der Waals surface area contributed by atoms with Gasteiger partial charge in [-0.15, -0.1) is 0 Å². The minimum atomic E-state index is -0.993. The standard InChI is InChI=1S/C35H45ClN6O6/c1-34(2,3)29(40-33(46)41-35(4,5)6)32(45)42-19-22(47-27-15-14-21(36)18-37-27)17-25(42)30(44)38-24(16-20-10-9-11-20)28(43)31-39-23-12-7-8-13-26(23)48-31/h7-8,12-15,18,20,22,24-25,29H,9-11,16-17,19H2,1-6H3,(H,38,44)(H2,40,41,46). The van der Waals surface area contributed by atoms with Crippen molar-refractivity contribution in [3.8, 4) is 5.88 Å². The first kappa shape index (κ1) is 35.1. The fourth-order valence-electron chi connectivity index (χ4n) is 5.99. The molecule has 1 saturated heterocycles. The van der Waals surface area contributed by atoms with E-state index in [1.165, 1.54) is 11.1 Å². The van der Waals surface area contributed by atoms with Gasteiger partial charge in [0, 0.05) is 24.2 Å². The van der Waals surface area contributed by atoms with Gasteiger partial charge in [-0.1, -0.05) is 63.8 Å². The number of hydrogen-bond donors (Lipinski definition) is 3. The summed E-state index contributed by atoms with van der Waals surface area (Å²) in [7, 11) is 0. The number of hydrogen-bond acceptors (Lipinski definition) is 8. The predicted octanol–water partition coefficient (Wildman–Crippen LogP) is 5.29. The Bertz CT molecular complexity index is 1610. The molecule has 3 heterocycles. The second-order valence-corrected chi connectivity index (χ2v) is 15.3. The molecule has 2 fully saturated rings. The normalized spacial score (nSPS) is 19.7. The van der Waals surface area contributed by atoms with Crippen LogP contribution in [-0.4, -0.2) is 74.8 Å². The van der Waals surface area contributed by atoms with Crippen LogP contribution in [0.4, 0.5) is 4.79 Å². The number of urea groups is 1. The lowest BCUT2D eigenvalue weighted by atomic mass is 9.80. The minimum absolute atomic E-state index is 0.0583. The molecule has 0 spiro atoms. The average Bonchev–Trinajstić information content (AvgIpc) is 3.61. The van der Waals surface area contributed by atoms with Crippen LogP contribution in [0.3, 0.4) is 0 Å². The summed E-state index contributed by atoms with van der Waals surface area (Å²) < 4.78 is 11.9. The van der Waals surface area contributed by atoms with Crippen LogP contribution in [0.5, 0.6) is 5.88 Å². The number of oxazole rings is 1. The Morgan fingerprint density at radius 2 is 1.77 bits per heavy atom. The summed E-state index contributed by atoms with van der Waals surface area (Å²) >= 11 is 6.01. The third kappa shape index (κ3) is 8.63. The van der Waals surface area contributed by atoms with Crippen molar-refractivity contribution >= 4 is 46.3 Å². The van der Waals surface area contributed by atoms with E-state index in [9.17, 15) is 19.2 Å². The van der Waals surface area contributed by atoms with Gasteiger partial charge in [0.1, 0.15) is 23.7 Å². The number of benzene rings is 1. The quantitative estimate of drug-likeness (QED) is 0.244. The second-order valence-electron chi connectivity index (χ2n) is 14.9. The van der Waals surface area contributed by atoms with Gasteiger partial charge in [0.15, 0.2) is 5.58 Å². The number of nitrogens with zero attached hydrogens (tertiary/aromatic N) is 3. The van der Waals surface area contributed by atoms with Gasteiger partial charge in [-0.2, -0.15) is 0 Å². The number of rotatable bonds is 10. The molecule has 1 aromatic carbocycles. The predicted molar refractivity (Wildman–Crippen MR) is 181 cm³/mol. The maximum Gasteiger partial charge on any atom is 0.315 e. The first-order valence-electron chi connectivity index (χ1n) is 16.4. The molecule has 2 aliphatic rings. The number of para-hydroxylation sites is 2. The van der Waals surface area contributed by atoms with Gasteiger partial charge in [-0.25, -0.2) is 14.8 Å². The lowest BCUT2D eigenvalue weighted by Gasteiger charge is -2.36. The Kier molecular flexibility index (Phi) is 10.3. The molecule has 12 nitrogen and oxygen atoms in total. The molecule has 2 aromatic heterocycles. The van der Waals surface area contributed by atoms with Crippen LogP contribution in [0.15, 0.2) is 47.0 Å². The van der Waals surface area contributed by atoms with Crippen LogP contribution in [0.1, 0.15) is 84.3 Å². The zero-order valence-electron chi connectivity index (χ0n) is 28.3. The molecule has 1 aliphatic heterocycles. The van der Waals surface area contributed by atoms with Gasteiger partial charge in [0.2, 0.25) is 23.5 Å². The molecule has 1 saturated carbocycles. The van der Waals surface area contributed by atoms with E-state index in [-0.39, 0.29) is 24.8 Å². The van der Waals surface area contributed by atoms with Gasteiger partial charge in [0.25, 0.3) is 5.89 Å². The van der Waals surface area contributed by atoms with E-state index < -0.39 is 58.8 Å². The Morgan fingerprint density at radius 1 is 1.04 bits per heavy atom. The van der Waals surface area contributed by atoms with Crippen molar-refractivity contribution < 1.29 is 28.3 Å². The summed E-state index contributed by atoms with van der Waals surface area (Å²) in [4.78, 5) is 65.4. The van der Waals surface area contributed by atoms with E-state index in [4.69, 9.17) is 20.8 Å². The van der Waals surface area contributed by atoms with Crippen LogP contribution >= 0.6 is 11.6 Å². The molecule has 1 aliphatic carbocycles. The topological polar surface area (TPSA) is 156 Å². The number of fused-ring (bicyclic) bond motifs is 1. The maximum atomic E-state index is 14.3. The Hall–Kier alpha value is -4.19. The number of likely N-dealkylation sites (tertiary alicyclic amines) is 1. The maximum absolute atomic E-state index is 14.3. The molecule has 4 amide bonds. The van der Waals surface area contributed by atoms with Gasteiger partial charge in [-0.3, -0.25) is 14.4 Å². The van der Waals surface area contributed by atoms with Gasteiger partial charge in [-0.05, 0) is 56.7 Å². The van der Waals surface area contributed by atoms with E-state index in [1.54, 1.807) is 30.3 Å². The third-order valence-electron chi connectivity index (χ3n) is 8.64. The molecule has 258 valence electrons. The van der Waals surface area contributed by atoms with Crippen molar-refractivity contribution in [1.29, 1.82) is 0 Å². The fourth-order valence-corrected chi connectivity index (χ4v) is 6.10. The van der Waals surface area contributed by atoms with Crippen molar-refractivity contribution in [3.63, 3.8) is 0 Å². The summed E-state index contributed by atoms with van der Waals surface area (Å²) in [6, 6.07) is 6.98. The lowest BCUT2D eigenvalue weighted by Crippen LogP contribution is -2.61. The number of Topliss-reactive ketones (excluding diaryl/α,β-unsaturated/α-hetero) is 1. The number of amides is 4. The number of carbonyl (C=O) groups excluding carboxylic acids is 4. The summed E-state index contributed by atoms with van der Waals surface area (Å²) in [5.74, 6) is -0.873. The number of carbonyl (C=O) groups is 4. The number of nitrogens with one attached hydrogen (secondary N) is 3. The van der Waals surface area contributed by atoms with Crippen LogP contribution < -0.4 is 20.7 Å². The van der Waals surface area contributed by atoms with Crippen molar-refractivity contribution in [2.24, 2.45) is 11.3 Å². The SMILES string of the molecule is CC(C)(C)NC(=O)NC(C(=O)N1CC(Oc2ccc(Cl)cn2)CC1C(=O)NC(CC1CCC1)C(=O)c1nc2ccccc2o1)C(C)(C)C. The first-order valence-corrected chi connectivity index (χ1v) is 16.8. The molecule has 3 aromatic rings.